The number of carbonyl (C=O) groups excluding carboxylic acids is 2. The molecule has 16 heavy (non-hydrogen) atoms. The molecule has 0 saturated carbocycles. The van der Waals surface area contributed by atoms with E-state index in [-0.39, 0.29) is 18.0 Å². The third kappa shape index (κ3) is 3.83. The molecule has 0 spiro atoms. The van der Waals surface area contributed by atoms with Gasteiger partial charge in [-0.3, -0.25) is 9.59 Å². The molecule has 0 aliphatic heterocycles. The lowest BCUT2D eigenvalue weighted by atomic mass is 10.0. The minimum absolute atomic E-state index is 0.000578. The van der Waals surface area contributed by atoms with Crippen molar-refractivity contribution in [3.8, 4) is 0 Å². The first-order valence-corrected chi connectivity index (χ1v) is 6.63. The minimum Gasteiger partial charge on any atom is -0.299 e. The molecule has 0 fully saturated rings. The molecule has 0 bridgehead atoms. The highest BCUT2D eigenvalue weighted by Gasteiger charge is 2.14. The first kappa shape index (κ1) is 13.6. The van der Waals surface area contributed by atoms with Gasteiger partial charge in [-0.25, -0.2) is 0 Å². The van der Waals surface area contributed by atoms with Gasteiger partial charge in [-0.2, -0.15) is 0 Å². The van der Waals surface area contributed by atoms with Gasteiger partial charge in [0.1, 0.15) is 5.78 Å². The fraction of sp³-hybridized carbons (Fsp3) is 0.333. The number of rotatable bonds is 5. The van der Waals surface area contributed by atoms with Crippen LogP contribution >= 0.6 is 31.9 Å². The second-order valence-electron chi connectivity index (χ2n) is 3.51. The molecule has 0 aliphatic carbocycles. The number of hydrogen-bond acceptors (Lipinski definition) is 2. The summed E-state index contributed by atoms with van der Waals surface area (Å²) in [6, 6.07) is 5.36. The summed E-state index contributed by atoms with van der Waals surface area (Å²) < 4.78 is 1.56. The smallest absolute Gasteiger partial charge is 0.171 e. The van der Waals surface area contributed by atoms with Crippen LogP contribution in [0.1, 0.15) is 36.5 Å². The van der Waals surface area contributed by atoms with E-state index in [0.717, 1.165) is 15.4 Å². The first-order valence-electron chi connectivity index (χ1n) is 5.04. The van der Waals surface area contributed by atoms with Crippen LogP contribution in [0.2, 0.25) is 0 Å². The molecule has 0 radical (unpaired) electrons. The fourth-order valence-corrected chi connectivity index (χ4v) is 2.18. The van der Waals surface area contributed by atoms with E-state index in [4.69, 9.17) is 0 Å². The van der Waals surface area contributed by atoms with Crippen molar-refractivity contribution in [2.75, 3.05) is 0 Å². The first-order chi connectivity index (χ1) is 7.54. The Hall–Kier alpha value is -0.480. The van der Waals surface area contributed by atoms with Crippen LogP contribution in [0.15, 0.2) is 27.1 Å². The highest BCUT2D eigenvalue weighted by Crippen LogP contribution is 2.23. The van der Waals surface area contributed by atoms with E-state index in [1.165, 1.54) is 0 Å². The van der Waals surface area contributed by atoms with Gasteiger partial charge >= 0.3 is 0 Å². The summed E-state index contributed by atoms with van der Waals surface area (Å²) in [7, 11) is 0. The Morgan fingerprint density at radius 1 is 1.25 bits per heavy atom. The van der Waals surface area contributed by atoms with Crippen LogP contribution in [0.25, 0.3) is 0 Å². The van der Waals surface area contributed by atoms with Gasteiger partial charge in [0, 0.05) is 20.9 Å². The summed E-state index contributed by atoms with van der Waals surface area (Å²) in [5, 5.41) is 0. The Balaban J connectivity index is 2.80. The van der Waals surface area contributed by atoms with Crippen molar-refractivity contribution in [3.63, 3.8) is 0 Å². The molecular weight excluding hydrogens is 336 g/mol. The van der Waals surface area contributed by atoms with Crippen molar-refractivity contribution in [1.82, 2.24) is 0 Å². The molecule has 0 unspecified atom stereocenters. The molecule has 2 nitrogen and oxygen atoms in total. The maximum absolute atomic E-state index is 11.8. The van der Waals surface area contributed by atoms with Crippen molar-refractivity contribution < 1.29 is 9.59 Å². The average Bonchev–Trinajstić information content (AvgIpc) is 2.21. The standard InChI is InChI=1S/C12H12Br2O2/c1-2-3-9(15)7-12(16)10-6-8(13)4-5-11(10)14/h4-6H,2-3,7H2,1H3. The molecule has 0 atom stereocenters. The summed E-state index contributed by atoms with van der Waals surface area (Å²) >= 11 is 6.61. The van der Waals surface area contributed by atoms with E-state index < -0.39 is 0 Å². The van der Waals surface area contributed by atoms with Crippen LogP contribution < -0.4 is 0 Å². The van der Waals surface area contributed by atoms with E-state index in [1.807, 2.05) is 13.0 Å². The maximum Gasteiger partial charge on any atom is 0.171 e. The van der Waals surface area contributed by atoms with Crippen molar-refractivity contribution in [2.24, 2.45) is 0 Å². The topological polar surface area (TPSA) is 34.1 Å². The number of ketones is 2. The summed E-state index contributed by atoms with van der Waals surface area (Å²) in [6.45, 7) is 1.93. The van der Waals surface area contributed by atoms with Crippen molar-refractivity contribution >= 4 is 43.4 Å². The molecule has 0 aromatic heterocycles. The monoisotopic (exact) mass is 346 g/mol. The molecule has 0 aliphatic rings. The van der Waals surface area contributed by atoms with Gasteiger partial charge in [0.2, 0.25) is 0 Å². The van der Waals surface area contributed by atoms with Crippen LogP contribution in [0.4, 0.5) is 0 Å². The van der Waals surface area contributed by atoms with Gasteiger partial charge in [-0.15, -0.1) is 0 Å². The number of halogens is 2. The molecule has 86 valence electrons. The number of benzene rings is 1. The predicted octanol–water partition coefficient (Wildman–Crippen LogP) is 4.15. The Morgan fingerprint density at radius 2 is 1.94 bits per heavy atom. The summed E-state index contributed by atoms with van der Waals surface area (Å²) in [4.78, 5) is 23.2. The van der Waals surface area contributed by atoms with Gasteiger partial charge in [-0.05, 0) is 24.6 Å². The number of Topliss-reactive ketones (excluding diaryl/α,β-unsaturated/α-hetero) is 2. The van der Waals surface area contributed by atoms with Gasteiger partial charge in [0.05, 0.1) is 6.42 Å². The maximum atomic E-state index is 11.8. The third-order valence-electron chi connectivity index (χ3n) is 2.12. The van der Waals surface area contributed by atoms with E-state index in [1.54, 1.807) is 12.1 Å². The fourth-order valence-electron chi connectivity index (χ4n) is 1.35. The quantitative estimate of drug-likeness (QED) is 0.592. The highest BCUT2D eigenvalue weighted by atomic mass is 79.9. The second-order valence-corrected chi connectivity index (χ2v) is 5.28. The van der Waals surface area contributed by atoms with Crippen molar-refractivity contribution in [3.05, 3.63) is 32.7 Å². The Morgan fingerprint density at radius 3 is 2.56 bits per heavy atom. The predicted molar refractivity (Wildman–Crippen MR) is 70.7 cm³/mol. The number of hydrogen-bond donors (Lipinski definition) is 0. The van der Waals surface area contributed by atoms with Gasteiger partial charge in [-0.1, -0.05) is 38.8 Å². The Kier molecular flexibility index (Phi) is 5.35. The number of carbonyl (C=O) groups is 2. The van der Waals surface area contributed by atoms with E-state index in [0.29, 0.717) is 12.0 Å². The minimum atomic E-state index is -0.133. The molecule has 1 aromatic carbocycles. The van der Waals surface area contributed by atoms with Gasteiger partial charge in [0.15, 0.2) is 5.78 Å². The molecule has 0 N–H and O–H groups in total. The van der Waals surface area contributed by atoms with E-state index >= 15 is 0 Å². The van der Waals surface area contributed by atoms with Crippen LogP contribution in [0.5, 0.6) is 0 Å². The SMILES string of the molecule is CCCC(=O)CC(=O)c1cc(Br)ccc1Br. The summed E-state index contributed by atoms with van der Waals surface area (Å²) in [5.41, 5.74) is 0.554. The van der Waals surface area contributed by atoms with Crippen LogP contribution in [0.3, 0.4) is 0 Å². The molecule has 4 heteroatoms. The van der Waals surface area contributed by atoms with Gasteiger partial charge < -0.3 is 0 Å². The molecule has 0 saturated heterocycles. The van der Waals surface area contributed by atoms with Crippen LogP contribution in [-0.2, 0) is 4.79 Å². The molecule has 0 amide bonds. The van der Waals surface area contributed by atoms with Crippen LogP contribution in [0, 0.1) is 0 Å². The van der Waals surface area contributed by atoms with Gasteiger partial charge in [0.25, 0.3) is 0 Å². The lowest BCUT2D eigenvalue weighted by molar-refractivity contribution is -0.118. The molecule has 1 rings (SSSR count). The second kappa shape index (κ2) is 6.30. The largest absolute Gasteiger partial charge is 0.299 e. The van der Waals surface area contributed by atoms with E-state index in [2.05, 4.69) is 31.9 Å². The lowest BCUT2D eigenvalue weighted by Crippen LogP contribution is -2.08. The lowest BCUT2D eigenvalue weighted by Gasteiger charge is -2.03. The normalized spacial score (nSPS) is 10.2. The Labute approximate surface area is 112 Å². The van der Waals surface area contributed by atoms with Crippen molar-refractivity contribution in [1.29, 1.82) is 0 Å². The molecule has 0 heterocycles. The zero-order valence-corrected chi connectivity index (χ0v) is 12.1. The third-order valence-corrected chi connectivity index (χ3v) is 3.30. The van der Waals surface area contributed by atoms with E-state index in [9.17, 15) is 9.59 Å². The highest BCUT2D eigenvalue weighted by molar-refractivity contribution is 9.11. The average molecular weight is 348 g/mol. The molecule has 1 aromatic rings. The van der Waals surface area contributed by atoms with Crippen molar-refractivity contribution in [2.45, 2.75) is 26.2 Å². The summed E-state index contributed by atoms with van der Waals surface area (Å²) in [6.07, 6.45) is 1.24. The molecular formula is C12H12Br2O2. The Bertz CT molecular complexity index is 413. The zero-order chi connectivity index (χ0) is 12.1. The van der Waals surface area contributed by atoms with Crippen LogP contribution in [-0.4, -0.2) is 11.6 Å². The zero-order valence-electron chi connectivity index (χ0n) is 8.93. The summed E-state index contributed by atoms with van der Waals surface area (Å²) in [5.74, 6) is -0.133.